The zero-order valence-electron chi connectivity index (χ0n) is 27.3. The van der Waals surface area contributed by atoms with Gasteiger partial charge in [0.2, 0.25) is 0 Å². The van der Waals surface area contributed by atoms with Crippen molar-refractivity contribution in [1.29, 1.82) is 0 Å². The number of carbonyl (C=O) groups is 2. The van der Waals surface area contributed by atoms with Crippen molar-refractivity contribution in [3.63, 3.8) is 0 Å². The summed E-state index contributed by atoms with van der Waals surface area (Å²) in [7, 11) is -4.76. The van der Waals surface area contributed by atoms with E-state index in [0.29, 0.717) is 12.8 Å². The highest BCUT2D eigenvalue weighted by Crippen LogP contribution is 2.35. The highest BCUT2D eigenvalue weighted by Gasteiger charge is 2.22. The first-order valence-electron chi connectivity index (χ1n) is 16.6. The van der Waals surface area contributed by atoms with Crippen LogP contribution in [0.2, 0.25) is 0 Å². The molecule has 0 bridgehead atoms. The molecule has 0 radical (unpaired) electrons. The Kier molecular flexibility index (Phi) is 29.2. The van der Waals surface area contributed by atoms with Crippen molar-refractivity contribution in [1.82, 2.24) is 0 Å². The van der Waals surface area contributed by atoms with Crippen LogP contribution >= 0.6 is 7.82 Å². The molecule has 0 aliphatic heterocycles. The predicted molar refractivity (Wildman–Crippen MR) is 179 cm³/mol. The quantitative estimate of drug-likeness (QED) is 0.0273. The van der Waals surface area contributed by atoms with Crippen LogP contribution in [0.5, 0.6) is 0 Å². The number of allylic oxidation sites excluding steroid dienone is 10. The molecule has 0 aliphatic carbocycles. The van der Waals surface area contributed by atoms with Crippen molar-refractivity contribution in [2.24, 2.45) is 0 Å². The van der Waals surface area contributed by atoms with Crippen LogP contribution in [0.3, 0.4) is 0 Å². The van der Waals surface area contributed by atoms with Gasteiger partial charge in [0.15, 0.2) is 6.10 Å². The predicted octanol–water partition coefficient (Wildman–Crippen LogP) is 9.39. The van der Waals surface area contributed by atoms with Gasteiger partial charge in [-0.1, -0.05) is 120 Å². The summed E-state index contributed by atoms with van der Waals surface area (Å²) >= 11 is 0. The standard InChI is InChI=1S/C35H59O8P/c1-3-5-7-9-11-13-15-17-19-21-23-25-27-29-34(36)41-31-33(32-42-44(38,39)40)43-35(37)30-28-26-24-22-20-18-16-14-12-10-8-6-4-2/h6,8,10,12,14,16-20,33H,3-5,7,9,11,13,15,21-32H2,1-2H3,(H2,38,39,40)/b8-6+,12-10+,16-14+,19-17+,20-18+. The number of unbranched alkanes of at least 4 members (excludes halogenated alkanes) is 12. The van der Waals surface area contributed by atoms with Crippen LogP contribution < -0.4 is 0 Å². The Morgan fingerprint density at radius 1 is 0.614 bits per heavy atom. The topological polar surface area (TPSA) is 119 Å². The summed E-state index contributed by atoms with van der Waals surface area (Å²) in [4.78, 5) is 42.5. The molecule has 1 atom stereocenters. The van der Waals surface area contributed by atoms with E-state index in [4.69, 9.17) is 19.3 Å². The van der Waals surface area contributed by atoms with Crippen LogP contribution in [0.4, 0.5) is 0 Å². The summed E-state index contributed by atoms with van der Waals surface area (Å²) in [6.07, 6.45) is 36.6. The van der Waals surface area contributed by atoms with Crippen LogP contribution in [0, 0.1) is 0 Å². The second kappa shape index (κ2) is 30.8. The Labute approximate surface area is 267 Å². The molecule has 0 saturated carbocycles. The molecule has 0 heterocycles. The number of ether oxygens (including phenoxy) is 2. The largest absolute Gasteiger partial charge is 0.469 e. The number of phosphoric acid groups is 1. The Morgan fingerprint density at radius 2 is 1.11 bits per heavy atom. The second-order valence-corrected chi connectivity index (χ2v) is 12.1. The van der Waals surface area contributed by atoms with Gasteiger partial charge in [0.1, 0.15) is 6.61 Å². The number of hydrogen-bond acceptors (Lipinski definition) is 6. The maximum Gasteiger partial charge on any atom is 0.469 e. The molecule has 252 valence electrons. The monoisotopic (exact) mass is 638 g/mol. The SMILES string of the molecule is CC/C=C/C=C/C=C/C=C/CCCCCC(=O)OC(COC(=O)CCCCC/C=C/CCCCCCCC)COP(=O)(O)O. The fourth-order valence-corrected chi connectivity index (χ4v) is 4.50. The van der Waals surface area contributed by atoms with E-state index in [2.05, 4.69) is 42.7 Å². The van der Waals surface area contributed by atoms with E-state index in [-0.39, 0.29) is 19.4 Å². The summed E-state index contributed by atoms with van der Waals surface area (Å²) in [5.74, 6) is -0.958. The van der Waals surface area contributed by atoms with Crippen molar-refractivity contribution >= 4 is 19.8 Å². The van der Waals surface area contributed by atoms with Crippen molar-refractivity contribution < 1.29 is 37.9 Å². The summed E-state index contributed by atoms with van der Waals surface area (Å²) in [6, 6.07) is 0. The van der Waals surface area contributed by atoms with Gasteiger partial charge in [-0.05, 0) is 57.8 Å². The van der Waals surface area contributed by atoms with E-state index in [9.17, 15) is 14.2 Å². The van der Waals surface area contributed by atoms with Crippen molar-refractivity contribution in [2.45, 2.75) is 136 Å². The highest BCUT2D eigenvalue weighted by atomic mass is 31.2. The van der Waals surface area contributed by atoms with Gasteiger partial charge in [0, 0.05) is 12.8 Å². The van der Waals surface area contributed by atoms with E-state index in [1.54, 1.807) is 0 Å². The molecule has 0 fully saturated rings. The van der Waals surface area contributed by atoms with Gasteiger partial charge in [0.05, 0.1) is 6.61 Å². The second-order valence-electron chi connectivity index (χ2n) is 10.8. The molecule has 1 unspecified atom stereocenters. The maximum atomic E-state index is 12.3. The van der Waals surface area contributed by atoms with Gasteiger partial charge >= 0.3 is 19.8 Å². The molecule has 0 rings (SSSR count). The van der Waals surface area contributed by atoms with E-state index in [0.717, 1.165) is 51.4 Å². The molecular formula is C35H59O8P. The molecule has 0 spiro atoms. The Balaban J connectivity index is 4.14. The first-order chi connectivity index (χ1) is 21.3. The third-order valence-electron chi connectivity index (χ3n) is 6.61. The lowest BCUT2D eigenvalue weighted by Gasteiger charge is -2.18. The average Bonchev–Trinajstić information content (AvgIpc) is 2.98. The number of phosphoric ester groups is 1. The van der Waals surface area contributed by atoms with E-state index in [1.807, 2.05) is 36.5 Å². The summed E-state index contributed by atoms with van der Waals surface area (Å²) in [6.45, 7) is 3.45. The molecule has 0 aromatic rings. The fourth-order valence-electron chi connectivity index (χ4n) is 4.14. The summed E-state index contributed by atoms with van der Waals surface area (Å²) < 4.78 is 26.1. The highest BCUT2D eigenvalue weighted by molar-refractivity contribution is 7.46. The molecule has 9 heteroatoms. The van der Waals surface area contributed by atoms with Gasteiger partial charge in [0.25, 0.3) is 0 Å². The average molecular weight is 639 g/mol. The zero-order chi connectivity index (χ0) is 32.6. The minimum Gasteiger partial charge on any atom is -0.462 e. The minimum atomic E-state index is -4.76. The molecule has 0 aliphatic rings. The number of rotatable bonds is 29. The van der Waals surface area contributed by atoms with Crippen LogP contribution in [-0.2, 0) is 28.2 Å². The minimum absolute atomic E-state index is 0.160. The lowest BCUT2D eigenvalue weighted by Crippen LogP contribution is -2.29. The van der Waals surface area contributed by atoms with Crippen LogP contribution in [0.15, 0.2) is 60.8 Å². The number of esters is 2. The zero-order valence-corrected chi connectivity index (χ0v) is 28.2. The lowest BCUT2D eigenvalue weighted by atomic mass is 10.1. The van der Waals surface area contributed by atoms with E-state index in [1.165, 1.54) is 38.5 Å². The first-order valence-corrected chi connectivity index (χ1v) is 18.2. The number of hydrogen-bond donors (Lipinski definition) is 2. The van der Waals surface area contributed by atoms with Gasteiger partial charge in [-0.3, -0.25) is 14.1 Å². The Bertz CT molecular complexity index is 900. The molecule has 0 saturated heterocycles. The van der Waals surface area contributed by atoms with Crippen LogP contribution in [-0.4, -0.2) is 41.0 Å². The smallest absolute Gasteiger partial charge is 0.462 e. The summed E-state index contributed by atoms with van der Waals surface area (Å²) in [5, 5.41) is 0. The van der Waals surface area contributed by atoms with Gasteiger partial charge < -0.3 is 19.3 Å². The third-order valence-corrected chi connectivity index (χ3v) is 7.10. The Hall–Kier alpha value is -2.25. The summed E-state index contributed by atoms with van der Waals surface area (Å²) in [5.41, 5.74) is 0. The maximum absolute atomic E-state index is 12.3. The van der Waals surface area contributed by atoms with Crippen molar-refractivity contribution in [3.8, 4) is 0 Å². The molecule has 0 aromatic carbocycles. The fraction of sp³-hybridized carbons (Fsp3) is 0.657. The molecular weight excluding hydrogens is 579 g/mol. The molecule has 0 amide bonds. The third kappa shape index (κ3) is 32.7. The molecule has 44 heavy (non-hydrogen) atoms. The van der Waals surface area contributed by atoms with E-state index >= 15 is 0 Å². The van der Waals surface area contributed by atoms with Gasteiger partial charge in [-0.2, -0.15) is 0 Å². The first kappa shape index (κ1) is 41.8. The van der Waals surface area contributed by atoms with E-state index < -0.39 is 32.5 Å². The molecule has 2 N–H and O–H groups in total. The Morgan fingerprint density at radius 3 is 1.70 bits per heavy atom. The number of carbonyl (C=O) groups excluding carboxylic acids is 2. The normalized spacial score (nSPS) is 13.3. The molecule has 0 aromatic heterocycles. The van der Waals surface area contributed by atoms with Crippen LogP contribution in [0.1, 0.15) is 129 Å². The van der Waals surface area contributed by atoms with Crippen molar-refractivity contribution in [3.05, 3.63) is 60.8 Å². The van der Waals surface area contributed by atoms with Crippen LogP contribution in [0.25, 0.3) is 0 Å². The van der Waals surface area contributed by atoms with Gasteiger partial charge in [-0.15, -0.1) is 0 Å². The lowest BCUT2D eigenvalue weighted by molar-refractivity contribution is -0.161. The van der Waals surface area contributed by atoms with Crippen molar-refractivity contribution in [2.75, 3.05) is 13.2 Å². The molecule has 8 nitrogen and oxygen atoms in total. The van der Waals surface area contributed by atoms with Gasteiger partial charge in [-0.25, -0.2) is 4.57 Å².